The molecule has 0 saturated heterocycles. The van der Waals surface area contributed by atoms with Gasteiger partial charge in [0.15, 0.2) is 11.5 Å². The van der Waals surface area contributed by atoms with Crippen LogP contribution in [0.3, 0.4) is 0 Å². The zero-order valence-corrected chi connectivity index (χ0v) is 19.9. The zero-order valence-electron chi connectivity index (χ0n) is 19.1. The van der Waals surface area contributed by atoms with Crippen molar-refractivity contribution in [3.05, 3.63) is 83.4 Å². The number of ether oxygens (including phenoxy) is 2. The molecule has 9 heteroatoms. The topological polar surface area (TPSA) is 113 Å². The molecule has 1 fully saturated rings. The molecule has 5 rings (SSSR count). The summed E-state index contributed by atoms with van der Waals surface area (Å²) in [7, 11) is 0. The molecule has 3 aromatic rings. The number of alkyl halides is 2. The van der Waals surface area contributed by atoms with Gasteiger partial charge in [-0.15, -0.1) is 8.78 Å². The Bertz CT molecular complexity index is 1180. The Labute approximate surface area is 206 Å². The second-order valence-corrected chi connectivity index (χ2v) is 8.66. The molecule has 0 radical (unpaired) electrons. The Hall–Kier alpha value is -2.98. The van der Waals surface area contributed by atoms with Gasteiger partial charge in [0.1, 0.15) is 5.78 Å². The first kappa shape index (κ1) is 26.6. The van der Waals surface area contributed by atoms with E-state index in [-0.39, 0.29) is 29.2 Å². The monoisotopic (exact) mass is 503 g/mol. The Balaban J connectivity index is 0.000000815. The van der Waals surface area contributed by atoms with Gasteiger partial charge in [-0.2, -0.15) is 0 Å². The van der Waals surface area contributed by atoms with Gasteiger partial charge in [0.25, 0.3) is 0 Å². The molecule has 0 atom stereocenters. The number of hydrogen-bond donors (Lipinski definition) is 2. The van der Waals surface area contributed by atoms with Crippen LogP contribution in [0.25, 0.3) is 11.1 Å². The van der Waals surface area contributed by atoms with Gasteiger partial charge in [-0.05, 0) is 64.8 Å². The normalized spacial score (nSPS) is 15.9. The number of ketones is 1. The molecular weight excluding hydrogens is 476 g/mol. The van der Waals surface area contributed by atoms with Crippen LogP contribution in [0, 0.1) is 0 Å². The van der Waals surface area contributed by atoms with Crippen LogP contribution in [0.4, 0.5) is 8.78 Å². The lowest BCUT2D eigenvalue weighted by molar-refractivity contribution is -0.286. The number of halogens is 2. The van der Waals surface area contributed by atoms with Crippen molar-refractivity contribution in [1.82, 2.24) is 0 Å². The van der Waals surface area contributed by atoms with E-state index in [2.05, 4.69) is 9.47 Å². The van der Waals surface area contributed by atoms with Crippen LogP contribution in [0.2, 0.25) is 0 Å². The third-order valence-electron chi connectivity index (χ3n) is 6.05. The van der Waals surface area contributed by atoms with E-state index in [1.807, 2.05) is 48.5 Å². The fourth-order valence-electron chi connectivity index (χ4n) is 4.15. The number of fused-ring (bicyclic) bond motifs is 1. The van der Waals surface area contributed by atoms with E-state index < -0.39 is 11.7 Å². The summed E-state index contributed by atoms with van der Waals surface area (Å²) in [6.45, 7) is 0.494. The highest BCUT2D eigenvalue weighted by Gasteiger charge is 2.52. The minimum absolute atomic E-state index is 0. The molecular formula is C26H27F2NO5S. The van der Waals surface area contributed by atoms with Crippen molar-refractivity contribution < 1.29 is 33.1 Å². The number of carbonyl (C=O) groups is 1. The van der Waals surface area contributed by atoms with E-state index in [0.29, 0.717) is 24.9 Å². The molecule has 2 aliphatic rings. The Kier molecular flexibility index (Phi) is 8.17. The van der Waals surface area contributed by atoms with Gasteiger partial charge in [-0.25, -0.2) is 0 Å². The first-order chi connectivity index (χ1) is 16.3. The minimum atomic E-state index is -3.66. The standard InChI is InChI=1S/C25H21F2NO3.CH4OS.H2O/c26-25(27)30-21-9-8-20(14-22(21)31-25)24(10-11-24)23(29)13-17-2-1-3-19(12-17)18-6-4-16(15-28)5-7-18;1-3-2;/h1-9,12,14H,10-11,13,15,28H2;2H,1H3;1H2. The van der Waals surface area contributed by atoms with Crippen molar-refractivity contribution in [3.63, 3.8) is 0 Å². The number of rotatable bonds is 6. The maximum atomic E-state index is 13.3. The van der Waals surface area contributed by atoms with Crippen molar-refractivity contribution in [2.45, 2.75) is 37.5 Å². The average molecular weight is 504 g/mol. The highest BCUT2D eigenvalue weighted by molar-refractivity contribution is 7.93. The molecule has 186 valence electrons. The van der Waals surface area contributed by atoms with Crippen molar-refractivity contribution in [2.75, 3.05) is 6.26 Å². The Morgan fingerprint density at radius 3 is 2.26 bits per heavy atom. The van der Waals surface area contributed by atoms with Gasteiger partial charge in [0.05, 0.1) is 5.41 Å². The molecule has 0 spiro atoms. The first-order valence-electron chi connectivity index (χ1n) is 10.8. The average Bonchev–Trinajstić information content (AvgIpc) is 3.57. The van der Waals surface area contributed by atoms with Gasteiger partial charge in [-0.1, -0.05) is 54.6 Å². The van der Waals surface area contributed by atoms with E-state index in [4.69, 9.17) is 10.3 Å². The van der Waals surface area contributed by atoms with Crippen LogP contribution in [0.15, 0.2) is 66.7 Å². The fraction of sp³-hybridized carbons (Fsp3) is 0.269. The maximum absolute atomic E-state index is 13.3. The minimum Gasteiger partial charge on any atom is -0.412 e. The van der Waals surface area contributed by atoms with Crippen LogP contribution in [0.5, 0.6) is 11.5 Å². The predicted octanol–water partition coefficient (Wildman–Crippen LogP) is 4.97. The van der Waals surface area contributed by atoms with Gasteiger partial charge >= 0.3 is 6.29 Å². The van der Waals surface area contributed by atoms with E-state index in [9.17, 15) is 13.6 Å². The summed E-state index contributed by atoms with van der Waals surface area (Å²) < 4.78 is 43.2. The lowest BCUT2D eigenvalue weighted by Crippen LogP contribution is -2.26. The third-order valence-corrected chi connectivity index (χ3v) is 6.05. The van der Waals surface area contributed by atoms with Crippen molar-refractivity contribution in [3.8, 4) is 22.6 Å². The van der Waals surface area contributed by atoms with Crippen molar-refractivity contribution in [2.24, 2.45) is 5.73 Å². The van der Waals surface area contributed by atoms with Crippen molar-refractivity contribution >= 4 is 17.8 Å². The molecule has 0 unspecified atom stereocenters. The predicted molar refractivity (Wildman–Crippen MR) is 132 cm³/mol. The SMILES string of the molecule is CSO.NCc1ccc(-c2cccc(CC(=O)C3(c4ccc5c(c4)OC(F)(F)O5)CC3)c2)cc1.O. The number of nitrogens with two attached hydrogens (primary N) is 1. The number of benzene rings is 3. The second kappa shape index (κ2) is 10.7. The van der Waals surface area contributed by atoms with Crippen LogP contribution < -0.4 is 15.2 Å². The zero-order chi connectivity index (χ0) is 24.3. The van der Waals surface area contributed by atoms with Gasteiger partial charge in [-0.3, -0.25) is 4.79 Å². The molecule has 0 aromatic heterocycles. The van der Waals surface area contributed by atoms with Crippen LogP contribution in [-0.2, 0) is 23.2 Å². The molecule has 0 amide bonds. The van der Waals surface area contributed by atoms with Crippen LogP contribution >= 0.6 is 12.0 Å². The quantitative estimate of drug-likeness (QED) is 0.459. The lowest BCUT2D eigenvalue weighted by atomic mass is 9.87. The molecule has 1 aliphatic heterocycles. The Morgan fingerprint density at radius 2 is 1.63 bits per heavy atom. The third kappa shape index (κ3) is 5.82. The molecule has 35 heavy (non-hydrogen) atoms. The summed E-state index contributed by atoms with van der Waals surface area (Å²) in [6, 6.07) is 20.6. The second-order valence-electron chi connectivity index (χ2n) is 8.30. The number of Topliss-reactive ketones (excluding diaryl/α,β-unsaturated/α-hetero) is 1. The fourth-order valence-corrected chi connectivity index (χ4v) is 4.15. The smallest absolute Gasteiger partial charge is 0.412 e. The largest absolute Gasteiger partial charge is 0.586 e. The maximum Gasteiger partial charge on any atom is 0.586 e. The lowest BCUT2D eigenvalue weighted by Gasteiger charge is -2.15. The van der Waals surface area contributed by atoms with Crippen LogP contribution in [-0.4, -0.2) is 28.4 Å². The summed E-state index contributed by atoms with van der Waals surface area (Å²) in [5, 5.41) is 0. The highest BCUT2D eigenvalue weighted by atomic mass is 32.2. The van der Waals surface area contributed by atoms with Crippen molar-refractivity contribution in [1.29, 1.82) is 0 Å². The van der Waals surface area contributed by atoms with Crippen LogP contribution in [0.1, 0.15) is 29.5 Å². The summed E-state index contributed by atoms with van der Waals surface area (Å²) >= 11 is 0.750. The molecule has 6 nitrogen and oxygen atoms in total. The van der Waals surface area contributed by atoms with E-state index >= 15 is 0 Å². The molecule has 0 bridgehead atoms. The summed E-state index contributed by atoms with van der Waals surface area (Å²) in [5.41, 5.74) is 9.80. The number of carbonyl (C=O) groups excluding carboxylic acids is 1. The summed E-state index contributed by atoms with van der Waals surface area (Å²) in [4.78, 5) is 13.2. The highest BCUT2D eigenvalue weighted by Crippen LogP contribution is 2.52. The molecule has 1 aliphatic carbocycles. The van der Waals surface area contributed by atoms with Gasteiger partial charge < -0.3 is 25.2 Å². The Morgan fingerprint density at radius 1 is 0.971 bits per heavy atom. The number of hydrogen-bond acceptors (Lipinski definition) is 6. The molecule has 1 heterocycles. The molecule has 3 aromatic carbocycles. The van der Waals surface area contributed by atoms with Gasteiger partial charge in [0.2, 0.25) is 0 Å². The molecule has 5 N–H and O–H groups in total. The van der Waals surface area contributed by atoms with E-state index in [1.54, 1.807) is 12.3 Å². The summed E-state index contributed by atoms with van der Waals surface area (Å²) in [6.07, 6.45) is -0.395. The van der Waals surface area contributed by atoms with Gasteiger partial charge in [0, 0.05) is 19.2 Å². The first-order valence-corrected chi connectivity index (χ1v) is 12.0. The molecule has 1 saturated carbocycles. The van der Waals surface area contributed by atoms with E-state index in [0.717, 1.165) is 34.3 Å². The van der Waals surface area contributed by atoms with E-state index in [1.165, 1.54) is 12.1 Å². The summed E-state index contributed by atoms with van der Waals surface area (Å²) in [5.74, 6) is 0.0450.